The lowest BCUT2D eigenvalue weighted by Crippen LogP contribution is -2.23. The summed E-state index contributed by atoms with van der Waals surface area (Å²) in [4.78, 5) is 26.4. The molecule has 94 valence electrons. The summed E-state index contributed by atoms with van der Waals surface area (Å²) in [6.07, 6.45) is 0.659. The summed E-state index contributed by atoms with van der Waals surface area (Å²) >= 11 is 0. The zero-order valence-electron chi connectivity index (χ0n) is 9.71. The van der Waals surface area contributed by atoms with Crippen molar-refractivity contribution in [1.82, 2.24) is 4.98 Å². The molecule has 1 heterocycles. The average molecular weight is 248 g/mol. The Morgan fingerprint density at radius 3 is 3.00 bits per heavy atom. The molecular weight excluding hydrogens is 236 g/mol. The van der Waals surface area contributed by atoms with E-state index in [1.165, 1.54) is 0 Å². The first-order valence-electron chi connectivity index (χ1n) is 5.65. The Hall–Kier alpha value is -2.24. The minimum Gasteiger partial charge on any atom is -0.481 e. The molecule has 0 amide bonds. The van der Waals surface area contributed by atoms with Crippen molar-refractivity contribution in [3.05, 3.63) is 28.7 Å². The van der Waals surface area contributed by atoms with Crippen LogP contribution in [0, 0.1) is 5.92 Å². The van der Waals surface area contributed by atoms with Crippen molar-refractivity contribution in [3.8, 4) is 0 Å². The highest BCUT2D eigenvalue weighted by Crippen LogP contribution is 2.38. The van der Waals surface area contributed by atoms with Crippen LogP contribution < -0.4 is 10.7 Å². The molecule has 0 bridgehead atoms. The molecule has 1 fully saturated rings. The van der Waals surface area contributed by atoms with Gasteiger partial charge in [0, 0.05) is 18.8 Å². The summed E-state index contributed by atoms with van der Waals surface area (Å²) in [5, 5.41) is 8.91. The van der Waals surface area contributed by atoms with Crippen molar-refractivity contribution in [1.29, 1.82) is 0 Å². The van der Waals surface area contributed by atoms with Crippen LogP contribution in [0.3, 0.4) is 0 Å². The molecule has 1 aromatic carbocycles. The monoisotopic (exact) mass is 248 g/mol. The second-order valence-electron chi connectivity index (χ2n) is 4.55. The number of nitrogens with zero attached hydrogens (tertiary/aromatic N) is 1. The number of fused-ring (bicyclic) bond motifs is 1. The number of hydrogen-bond donors (Lipinski definition) is 2. The van der Waals surface area contributed by atoms with Gasteiger partial charge in [0.05, 0.1) is 11.4 Å². The van der Waals surface area contributed by atoms with Gasteiger partial charge in [0.2, 0.25) is 0 Å². The Bertz CT molecular complexity index is 672. The molecule has 0 aliphatic heterocycles. The molecule has 3 rings (SSSR count). The number of carboxylic acids is 1. The normalized spacial score (nSPS) is 22.1. The molecule has 1 aliphatic rings. The standard InChI is InChI=1S/C12H12N2O4/c1-14(9-5-7(9)11(15)16)6-2-3-10-8(4-6)13-12(17)18-10/h2-4,7,9H,5H2,1H3,(H,13,17)(H,15,16). The Kier molecular flexibility index (Phi) is 2.19. The number of aliphatic carboxylic acids is 1. The molecule has 2 unspecified atom stereocenters. The van der Waals surface area contributed by atoms with Gasteiger partial charge >= 0.3 is 11.7 Å². The highest BCUT2D eigenvalue weighted by Gasteiger charge is 2.46. The zero-order chi connectivity index (χ0) is 12.9. The minimum absolute atomic E-state index is 0.0265. The summed E-state index contributed by atoms with van der Waals surface area (Å²) in [6, 6.07) is 5.34. The number of H-pyrrole nitrogens is 1. The van der Waals surface area contributed by atoms with Gasteiger partial charge in [-0.15, -0.1) is 0 Å². The van der Waals surface area contributed by atoms with Crippen LogP contribution in [0.5, 0.6) is 0 Å². The van der Waals surface area contributed by atoms with E-state index in [9.17, 15) is 9.59 Å². The average Bonchev–Trinajstić information content (AvgIpc) is 3.03. The van der Waals surface area contributed by atoms with E-state index in [2.05, 4.69) is 4.98 Å². The number of benzene rings is 1. The fourth-order valence-electron chi connectivity index (χ4n) is 2.23. The molecule has 1 aliphatic carbocycles. The van der Waals surface area contributed by atoms with E-state index in [1.807, 2.05) is 18.0 Å². The van der Waals surface area contributed by atoms with Crippen LogP contribution in [-0.2, 0) is 4.79 Å². The van der Waals surface area contributed by atoms with E-state index in [0.717, 1.165) is 5.69 Å². The first-order chi connectivity index (χ1) is 8.56. The highest BCUT2D eigenvalue weighted by molar-refractivity contribution is 5.79. The van der Waals surface area contributed by atoms with Gasteiger partial charge in [-0.3, -0.25) is 9.78 Å². The molecule has 2 N–H and O–H groups in total. The third-order valence-electron chi connectivity index (χ3n) is 3.38. The second kappa shape index (κ2) is 3.63. The number of nitrogens with one attached hydrogen (secondary N) is 1. The molecular formula is C12H12N2O4. The van der Waals surface area contributed by atoms with Crippen LogP contribution in [0.1, 0.15) is 6.42 Å². The summed E-state index contributed by atoms with van der Waals surface area (Å²) < 4.78 is 4.91. The van der Waals surface area contributed by atoms with Crippen molar-refractivity contribution < 1.29 is 14.3 Å². The number of aromatic nitrogens is 1. The van der Waals surface area contributed by atoms with Gasteiger partial charge in [0.1, 0.15) is 0 Å². The van der Waals surface area contributed by atoms with Crippen LogP contribution in [0.2, 0.25) is 0 Å². The lowest BCUT2D eigenvalue weighted by atomic mass is 10.2. The van der Waals surface area contributed by atoms with Gasteiger partial charge in [-0.2, -0.15) is 0 Å². The van der Waals surface area contributed by atoms with Gasteiger partial charge in [0.15, 0.2) is 5.58 Å². The Labute approximate surface area is 102 Å². The number of anilines is 1. The Balaban J connectivity index is 1.90. The van der Waals surface area contributed by atoms with Gasteiger partial charge < -0.3 is 14.4 Å². The SMILES string of the molecule is CN(c1ccc2oc(=O)[nH]c2c1)C1CC1C(=O)O. The lowest BCUT2D eigenvalue weighted by Gasteiger charge is -2.18. The second-order valence-corrected chi connectivity index (χ2v) is 4.55. The van der Waals surface area contributed by atoms with Crippen molar-refractivity contribution in [3.63, 3.8) is 0 Å². The summed E-state index contributed by atoms with van der Waals surface area (Å²) in [6.45, 7) is 0. The molecule has 2 atom stereocenters. The maximum Gasteiger partial charge on any atom is 0.417 e. The van der Waals surface area contributed by atoms with E-state index in [4.69, 9.17) is 9.52 Å². The van der Waals surface area contributed by atoms with E-state index >= 15 is 0 Å². The van der Waals surface area contributed by atoms with Gasteiger partial charge in [0.25, 0.3) is 0 Å². The summed E-state index contributed by atoms with van der Waals surface area (Å²) in [7, 11) is 1.85. The van der Waals surface area contributed by atoms with Crippen LogP contribution in [0.15, 0.2) is 27.4 Å². The summed E-state index contributed by atoms with van der Waals surface area (Å²) in [5.41, 5.74) is 1.99. The third kappa shape index (κ3) is 1.66. The topological polar surface area (TPSA) is 86.5 Å². The van der Waals surface area contributed by atoms with Crippen LogP contribution in [0.4, 0.5) is 5.69 Å². The molecule has 0 radical (unpaired) electrons. The smallest absolute Gasteiger partial charge is 0.417 e. The van der Waals surface area contributed by atoms with Crippen LogP contribution in [0.25, 0.3) is 11.1 Å². The van der Waals surface area contributed by atoms with Gasteiger partial charge in [-0.25, -0.2) is 4.79 Å². The van der Waals surface area contributed by atoms with Gasteiger partial charge in [-0.1, -0.05) is 0 Å². The maximum absolute atomic E-state index is 11.0. The highest BCUT2D eigenvalue weighted by atomic mass is 16.4. The number of rotatable bonds is 3. The molecule has 18 heavy (non-hydrogen) atoms. The van der Waals surface area contributed by atoms with Crippen molar-refractivity contribution in [2.75, 3.05) is 11.9 Å². The molecule has 6 nitrogen and oxygen atoms in total. The van der Waals surface area contributed by atoms with E-state index < -0.39 is 11.7 Å². The quantitative estimate of drug-likeness (QED) is 0.847. The van der Waals surface area contributed by atoms with E-state index in [0.29, 0.717) is 17.5 Å². The fraction of sp³-hybridized carbons (Fsp3) is 0.333. The number of carboxylic acid groups (broad SMARTS) is 1. The summed E-state index contributed by atoms with van der Waals surface area (Å²) in [5.74, 6) is -1.54. The molecule has 6 heteroatoms. The maximum atomic E-state index is 11.0. The number of hydrogen-bond acceptors (Lipinski definition) is 4. The van der Waals surface area contributed by atoms with Gasteiger partial charge in [-0.05, 0) is 24.6 Å². The van der Waals surface area contributed by atoms with Crippen molar-refractivity contribution >= 4 is 22.8 Å². The molecule has 0 saturated heterocycles. The third-order valence-corrected chi connectivity index (χ3v) is 3.38. The number of carbonyl (C=O) groups is 1. The first-order valence-corrected chi connectivity index (χ1v) is 5.65. The first kappa shape index (κ1) is 10.9. The minimum atomic E-state index is -0.760. The molecule has 0 spiro atoms. The predicted octanol–water partition coefficient (Wildman–Crippen LogP) is 1.03. The lowest BCUT2D eigenvalue weighted by molar-refractivity contribution is -0.138. The number of oxazole rings is 1. The van der Waals surface area contributed by atoms with E-state index in [1.54, 1.807) is 12.1 Å². The van der Waals surface area contributed by atoms with E-state index in [-0.39, 0.29) is 12.0 Å². The fourth-order valence-corrected chi connectivity index (χ4v) is 2.23. The van der Waals surface area contributed by atoms with Crippen molar-refractivity contribution in [2.24, 2.45) is 5.92 Å². The molecule has 1 saturated carbocycles. The van der Waals surface area contributed by atoms with Crippen molar-refractivity contribution in [2.45, 2.75) is 12.5 Å². The Morgan fingerprint density at radius 1 is 1.56 bits per heavy atom. The largest absolute Gasteiger partial charge is 0.481 e. The van der Waals surface area contributed by atoms with Crippen LogP contribution in [-0.4, -0.2) is 29.1 Å². The van der Waals surface area contributed by atoms with Crippen LogP contribution >= 0.6 is 0 Å². The molecule has 2 aromatic rings. The number of aromatic amines is 1. The zero-order valence-corrected chi connectivity index (χ0v) is 9.71. The predicted molar refractivity (Wildman–Crippen MR) is 64.8 cm³/mol. The Morgan fingerprint density at radius 2 is 2.33 bits per heavy atom. The molecule has 1 aromatic heterocycles.